The largest absolute Gasteiger partial charge is 0.506 e. The standard InChI is InChI=1S/C21H27FN4O3/c1-21(2)28-12-14-10-24-18(20(27)16(14)13-29-21)11-25-5-7-26(8-6-25)19-4-3-15(23)9-17(19)22/h3-4,9-10,27H,5-8,11-13,23H2,1-2H3. The van der Waals surface area contributed by atoms with Crippen molar-refractivity contribution in [3.63, 3.8) is 0 Å². The number of aromatic hydroxyl groups is 1. The second kappa shape index (κ2) is 7.78. The molecule has 156 valence electrons. The molecule has 2 aliphatic rings. The molecule has 29 heavy (non-hydrogen) atoms. The minimum Gasteiger partial charge on any atom is -0.506 e. The molecule has 8 heteroatoms. The molecule has 0 amide bonds. The molecule has 7 nitrogen and oxygen atoms in total. The Labute approximate surface area is 169 Å². The lowest BCUT2D eigenvalue weighted by Gasteiger charge is -2.36. The van der Waals surface area contributed by atoms with Crippen LogP contribution in [0.2, 0.25) is 0 Å². The topological polar surface area (TPSA) is 84.1 Å². The SMILES string of the molecule is CC1(C)OCc2cnc(CN3CCN(c4ccc(N)cc4F)CC3)c(O)c2CO1. The maximum absolute atomic E-state index is 14.2. The van der Waals surface area contributed by atoms with Crippen molar-refractivity contribution >= 4 is 11.4 Å². The van der Waals surface area contributed by atoms with Crippen LogP contribution in [0.4, 0.5) is 15.8 Å². The number of fused-ring (bicyclic) bond motifs is 1. The number of benzene rings is 1. The van der Waals surface area contributed by atoms with E-state index in [-0.39, 0.29) is 18.2 Å². The van der Waals surface area contributed by atoms with Crippen LogP contribution in [0.15, 0.2) is 24.4 Å². The van der Waals surface area contributed by atoms with Crippen molar-refractivity contribution in [1.29, 1.82) is 0 Å². The number of hydrogen-bond acceptors (Lipinski definition) is 7. The lowest BCUT2D eigenvalue weighted by atomic mass is 10.1. The molecule has 2 aromatic rings. The number of nitrogens with zero attached hydrogens (tertiary/aromatic N) is 3. The Morgan fingerprint density at radius 1 is 1.17 bits per heavy atom. The molecule has 0 bridgehead atoms. The van der Waals surface area contributed by atoms with Crippen LogP contribution in [-0.2, 0) is 29.2 Å². The van der Waals surface area contributed by atoms with E-state index < -0.39 is 5.79 Å². The van der Waals surface area contributed by atoms with E-state index in [0.29, 0.717) is 43.3 Å². The summed E-state index contributed by atoms with van der Waals surface area (Å²) in [5.41, 5.74) is 8.85. The van der Waals surface area contributed by atoms with Crippen LogP contribution in [0.3, 0.4) is 0 Å². The molecule has 0 aliphatic carbocycles. The summed E-state index contributed by atoms with van der Waals surface area (Å²) < 4.78 is 25.6. The number of halogens is 1. The molecule has 0 spiro atoms. The summed E-state index contributed by atoms with van der Waals surface area (Å²) in [4.78, 5) is 8.68. The molecule has 0 saturated carbocycles. The Bertz CT molecular complexity index is 898. The van der Waals surface area contributed by atoms with Crippen LogP contribution in [0.5, 0.6) is 5.75 Å². The lowest BCUT2D eigenvalue weighted by molar-refractivity contribution is -0.219. The highest BCUT2D eigenvalue weighted by molar-refractivity contribution is 5.54. The predicted octanol–water partition coefficient (Wildman–Crippen LogP) is 2.61. The normalized spacial score (nSPS) is 19.6. The summed E-state index contributed by atoms with van der Waals surface area (Å²) >= 11 is 0. The third-order valence-corrected chi connectivity index (χ3v) is 5.52. The van der Waals surface area contributed by atoms with Crippen LogP contribution in [0, 0.1) is 5.82 Å². The summed E-state index contributed by atoms with van der Waals surface area (Å²) in [6.45, 7) is 7.75. The van der Waals surface area contributed by atoms with Gasteiger partial charge in [-0.2, -0.15) is 0 Å². The summed E-state index contributed by atoms with van der Waals surface area (Å²) in [7, 11) is 0. The van der Waals surface area contributed by atoms with Crippen LogP contribution in [0.1, 0.15) is 30.7 Å². The highest BCUT2D eigenvalue weighted by Crippen LogP contribution is 2.32. The van der Waals surface area contributed by atoms with Crippen LogP contribution in [-0.4, -0.2) is 47.0 Å². The molecule has 1 aromatic heterocycles. The van der Waals surface area contributed by atoms with Gasteiger partial charge in [0.05, 0.1) is 24.6 Å². The number of anilines is 2. The van der Waals surface area contributed by atoms with Gasteiger partial charge in [-0.25, -0.2) is 4.39 Å². The van der Waals surface area contributed by atoms with Gasteiger partial charge in [-0.15, -0.1) is 0 Å². The van der Waals surface area contributed by atoms with Gasteiger partial charge >= 0.3 is 0 Å². The van der Waals surface area contributed by atoms with Gasteiger partial charge in [-0.3, -0.25) is 9.88 Å². The zero-order chi connectivity index (χ0) is 20.6. The molecule has 0 atom stereocenters. The average Bonchev–Trinajstić information content (AvgIpc) is 2.84. The predicted molar refractivity (Wildman–Crippen MR) is 108 cm³/mol. The minimum atomic E-state index is -0.695. The second-order valence-electron chi connectivity index (χ2n) is 8.01. The van der Waals surface area contributed by atoms with Crippen molar-refractivity contribution in [2.24, 2.45) is 0 Å². The first-order valence-electron chi connectivity index (χ1n) is 9.81. The smallest absolute Gasteiger partial charge is 0.163 e. The first-order chi connectivity index (χ1) is 13.8. The molecular formula is C21H27FN4O3. The second-order valence-corrected chi connectivity index (χ2v) is 8.01. The van der Waals surface area contributed by atoms with Crippen molar-refractivity contribution in [3.05, 3.63) is 47.0 Å². The van der Waals surface area contributed by atoms with Gasteiger partial charge < -0.3 is 25.2 Å². The molecule has 2 aliphatic heterocycles. The molecule has 1 saturated heterocycles. The molecule has 3 N–H and O–H groups in total. The maximum atomic E-state index is 14.2. The van der Waals surface area contributed by atoms with Gasteiger partial charge in [0.1, 0.15) is 11.6 Å². The monoisotopic (exact) mass is 402 g/mol. The first-order valence-corrected chi connectivity index (χ1v) is 9.81. The van der Waals surface area contributed by atoms with Crippen molar-refractivity contribution in [1.82, 2.24) is 9.88 Å². The van der Waals surface area contributed by atoms with Crippen molar-refractivity contribution in [2.45, 2.75) is 39.4 Å². The van der Waals surface area contributed by atoms with Gasteiger partial charge in [0.2, 0.25) is 0 Å². The molecule has 0 radical (unpaired) electrons. The first kappa shape index (κ1) is 19.9. The highest BCUT2D eigenvalue weighted by atomic mass is 19.1. The lowest BCUT2D eigenvalue weighted by Crippen LogP contribution is -2.46. The van der Waals surface area contributed by atoms with E-state index in [0.717, 1.165) is 24.2 Å². The average molecular weight is 402 g/mol. The Morgan fingerprint density at radius 2 is 1.90 bits per heavy atom. The van der Waals surface area contributed by atoms with E-state index in [1.165, 1.54) is 6.07 Å². The molecule has 4 rings (SSSR count). The summed E-state index contributed by atoms with van der Waals surface area (Å²) in [6.07, 6.45) is 1.76. The van der Waals surface area contributed by atoms with Gasteiger partial charge in [-0.1, -0.05) is 0 Å². The van der Waals surface area contributed by atoms with Crippen molar-refractivity contribution in [3.8, 4) is 5.75 Å². The van der Waals surface area contributed by atoms with Crippen LogP contribution in [0.25, 0.3) is 0 Å². The van der Waals surface area contributed by atoms with E-state index >= 15 is 0 Å². The third kappa shape index (κ3) is 4.29. The maximum Gasteiger partial charge on any atom is 0.163 e. The van der Waals surface area contributed by atoms with Gasteiger partial charge in [-0.05, 0) is 32.0 Å². The molecule has 0 unspecified atom stereocenters. The summed E-state index contributed by atoms with van der Waals surface area (Å²) in [6, 6.07) is 4.80. The Morgan fingerprint density at radius 3 is 2.62 bits per heavy atom. The van der Waals surface area contributed by atoms with E-state index in [1.54, 1.807) is 18.3 Å². The number of aromatic nitrogens is 1. The highest BCUT2D eigenvalue weighted by Gasteiger charge is 2.27. The number of nitrogen functional groups attached to an aromatic ring is 1. The number of pyridine rings is 1. The zero-order valence-corrected chi connectivity index (χ0v) is 16.8. The van der Waals surface area contributed by atoms with E-state index in [1.807, 2.05) is 18.7 Å². The van der Waals surface area contributed by atoms with Crippen LogP contribution < -0.4 is 10.6 Å². The van der Waals surface area contributed by atoms with E-state index in [9.17, 15) is 9.50 Å². The van der Waals surface area contributed by atoms with Crippen molar-refractivity contribution in [2.75, 3.05) is 36.8 Å². The Kier molecular flexibility index (Phi) is 5.33. The van der Waals surface area contributed by atoms with Gasteiger partial charge in [0.25, 0.3) is 0 Å². The number of hydrogen-bond donors (Lipinski definition) is 2. The molecule has 1 aromatic carbocycles. The van der Waals surface area contributed by atoms with Gasteiger partial charge in [0, 0.05) is 55.7 Å². The van der Waals surface area contributed by atoms with Crippen molar-refractivity contribution < 1.29 is 19.0 Å². The Balaban J connectivity index is 1.42. The van der Waals surface area contributed by atoms with E-state index in [2.05, 4.69) is 9.88 Å². The number of ether oxygens (including phenoxy) is 2. The zero-order valence-electron chi connectivity index (χ0n) is 16.8. The molecule has 1 fully saturated rings. The third-order valence-electron chi connectivity index (χ3n) is 5.52. The molecule has 3 heterocycles. The number of nitrogens with two attached hydrogens (primary N) is 1. The fourth-order valence-electron chi connectivity index (χ4n) is 3.70. The summed E-state index contributed by atoms with van der Waals surface area (Å²) in [5.74, 6) is -0.816. The fourth-order valence-corrected chi connectivity index (χ4v) is 3.70. The summed E-state index contributed by atoms with van der Waals surface area (Å²) in [5, 5.41) is 10.8. The molecular weight excluding hydrogens is 375 g/mol. The van der Waals surface area contributed by atoms with Crippen LogP contribution >= 0.6 is 0 Å². The number of piperazine rings is 1. The van der Waals surface area contributed by atoms with Gasteiger partial charge in [0.15, 0.2) is 5.79 Å². The minimum absolute atomic E-state index is 0.177. The quantitative estimate of drug-likeness (QED) is 0.764. The number of rotatable bonds is 3. The van der Waals surface area contributed by atoms with E-state index in [4.69, 9.17) is 15.2 Å². The fraction of sp³-hybridized carbons (Fsp3) is 0.476. The Hall–Kier alpha value is -2.42.